The summed E-state index contributed by atoms with van der Waals surface area (Å²) in [6.07, 6.45) is 3.49. The van der Waals surface area contributed by atoms with E-state index in [4.69, 9.17) is 4.74 Å². The minimum absolute atomic E-state index is 0. The monoisotopic (exact) mass is 564 g/mol. The van der Waals surface area contributed by atoms with Crippen LogP contribution >= 0.6 is 24.0 Å². The van der Waals surface area contributed by atoms with E-state index in [9.17, 15) is 4.79 Å². The minimum Gasteiger partial charge on any atom is -0.494 e. The topological polar surface area (TPSA) is 66.0 Å². The van der Waals surface area contributed by atoms with Crippen molar-refractivity contribution in [2.24, 2.45) is 10.9 Å². The van der Waals surface area contributed by atoms with Crippen molar-refractivity contribution in [2.45, 2.75) is 32.6 Å². The summed E-state index contributed by atoms with van der Waals surface area (Å²) in [6, 6.07) is 18.5. The molecule has 6 nitrogen and oxygen atoms in total. The Bertz CT molecular complexity index is 858. The van der Waals surface area contributed by atoms with Gasteiger partial charge in [-0.3, -0.25) is 9.79 Å². The van der Waals surface area contributed by atoms with Crippen molar-refractivity contribution in [1.29, 1.82) is 0 Å². The minimum atomic E-state index is 0. The molecular formula is C26H37IN4O2. The van der Waals surface area contributed by atoms with Crippen molar-refractivity contribution in [3.63, 3.8) is 0 Å². The number of aliphatic imine (C=N–C) groups is 1. The van der Waals surface area contributed by atoms with Gasteiger partial charge in [0, 0.05) is 45.6 Å². The molecule has 1 aliphatic heterocycles. The fourth-order valence-corrected chi connectivity index (χ4v) is 3.84. The zero-order valence-electron chi connectivity index (χ0n) is 19.8. The Labute approximate surface area is 215 Å². The third-order valence-corrected chi connectivity index (χ3v) is 5.74. The quantitative estimate of drug-likeness (QED) is 0.187. The van der Waals surface area contributed by atoms with E-state index in [1.54, 1.807) is 7.05 Å². The SMILES string of the molecule is CN=C(NCCCCOc1ccc(C)cc1)NCC1CC(=O)N(CCc2ccccc2)C1.I. The van der Waals surface area contributed by atoms with Crippen LogP contribution in [0.3, 0.4) is 0 Å². The summed E-state index contributed by atoms with van der Waals surface area (Å²) in [7, 11) is 1.78. The van der Waals surface area contributed by atoms with Gasteiger partial charge in [-0.2, -0.15) is 0 Å². The highest BCUT2D eigenvalue weighted by Crippen LogP contribution is 2.17. The average Bonchev–Trinajstić information content (AvgIpc) is 3.18. The Morgan fingerprint density at radius 1 is 1.09 bits per heavy atom. The number of carbonyl (C=O) groups is 1. The number of nitrogens with one attached hydrogen (secondary N) is 2. The number of hydrogen-bond donors (Lipinski definition) is 2. The second-order valence-corrected chi connectivity index (χ2v) is 8.39. The summed E-state index contributed by atoms with van der Waals surface area (Å²) in [6.45, 7) is 5.97. The van der Waals surface area contributed by atoms with Crippen molar-refractivity contribution >= 4 is 35.8 Å². The lowest BCUT2D eigenvalue weighted by Crippen LogP contribution is -2.40. The Morgan fingerprint density at radius 2 is 1.85 bits per heavy atom. The molecule has 1 saturated heterocycles. The van der Waals surface area contributed by atoms with Gasteiger partial charge >= 0.3 is 0 Å². The molecule has 1 heterocycles. The highest BCUT2D eigenvalue weighted by atomic mass is 127. The number of halogens is 1. The molecule has 7 heteroatoms. The van der Waals surface area contributed by atoms with Gasteiger partial charge < -0.3 is 20.3 Å². The summed E-state index contributed by atoms with van der Waals surface area (Å²) < 4.78 is 5.77. The van der Waals surface area contributed by atoms with Crippen LogP contribution in [0.5, 0.6) is 5.75 Å². The van der Waals surface area contributed by atoms with Crippen LogP contribution in [0.1, 0.15) is 30.4 Å². The van der Waals surface area contributed by atoms with E-state index < -0.39 is 0 Å². The maximum Gasteiger partial charge on any atom is 0.223 e. The highest BCUT2D eigenvalue weighted by molar-refractivity contribution is 14.0. The number of hydrogen-bond acceptors (Lipinski definition) is 3. The molecule has 0 aliphatic carbocycles. The van der Waals surface area contributed by atoms with E-state index in [0.717, 1.165) is 57.2 Å². The van der Waals surface area contributed by atoms with Crippen LogP contribution in [0.4, 0.5) is 0 Å². The fraction of sp³-hybridized carbons (Fsp3) is 0.462. The van der Waals surface area contributed by atoms with Crippen LogP contribution in [0.15, 0.2) is 59.6 Å². The van der Waals surface area contributed by atoms with Crippen LogP contribution in [-0.2, 0) is 11.2 Å². The summed E-state index contributed by atoms with van der Waals surface area (Å²) in [4.78, 5) is 18.6. The predicted octanol–water partition coefficient (Wildman–Crippen LogP) is 4.03. The number of rotatable bonds is 11. The number of ether oxygens (including phenoxy) is 1. The number of aryl methyl sites for hydroxylation is 1. The lowest BCUT2D eigenvalue weighted by atomic mass is 10.1. The molecule has 1 aliphatic rings. The molecular weight excluding hydrogens is 527 g/mol. The van der Waals surface area contributed by atoms with E-state index in [-0.39, 0.29) is 29.9 Å². The molecule has 0 bridgehead atoms. The fourth-order valence-electron chi connectivity index (χ4n) is 3.84. The highest BCUT2D eigenvalue weighted by Gasteiger charge is 2.29. The third-order valence-electron chi connectivity index (χ3n) is 5.74. The molecule has 1 unspecified atom stereocenters. The second kappa shape index (κ2) is 14.8. The summed E-state index contributed by atoms with van der Waals surface area (Å²) in [5.41, 5.74) is 2.51. The number of benzene rings is 2. The lowest BCUT2D eigenvalue weighted by Gasteiger charge is -2.18. The molecule has 0 spiro atoms. The zero-order chi connectivity index (χ0) is 22.6. The maximum absolute atomic E-state index is 12.4. The number of amides is 1. The third kappa shape index (κ3) is 9.61. The standard InChI is InChI=1S/C26H36N4O2.HI/c1-21-10-12-24(13-11-21)32-17-7-6-15-28-26(27-2)29-19-23-18-25(31)30(20-23)16-14-22-8-4-3-5-9-22;/h3-5,8-13,23H,6-7,14-20H2,1-2H3,(H2,27,28,29);1H. The molecule has 2 aromatic carbocycles. The molecule has 1 amide bonds. The molecule has 2 N–H and O–H groups in total. The van der Waals surface area contributed by atoms with Crippen molar-refractivity contribution in [1.82, 2.24) is 15.5 Å². The van der Waals surface area contributed by atoms with E-state index in [2.05, 4.69) is 46.8 Å². The first kappa shape index (κ1) is 27.0. The molecule has 3 rings (SSSR count). The first-order valence-corrected chi connectivity index (χ1v) is 11.6. The van der Waals surface area contributed by atoms with Crippen LogP contribution in [0, 0.1) is 12.8 Å². The summed E-state index contributed by atoms with van der Waals surface area (Å²) in [5, 5.41) is 6.73. The molecule has 1 atom stereocenters. The Balaban J connectivity index is 0.00000385. The van der Waals surface area contributed by atoms with Crippen LogP contribution in [-0.4, -0.2) is 56.6 Å². The number of guanidine groups is 1. The predicted molar refractivity (Wildman–Crippen MR) is 146 cm³/mol. The molecule has 180 valence electrons. The van der Waals surface area contributed by atoms with Crippen molar-refractivity contribution in [3.05, 3.63) is 65.7 Å². The van der Waals surface area contributed by atoms with Gasteiger partial charge in [0.05, 0.1) is 6.61 Å². The zero-order valence-corrected chi connectivity index (χ0v) is 22.1. The van der Waals surface area contributed by atoms with Crippen LogP contribution in [0.25, 0.3) is 0 Å². The van der Waals surface area contributed by atoms with Crippen LogP contribution in [0.2, 0.25) is 0 Å². The van der Waals surface area contributed by atoms with Gasteiger partial charge in [0.1, 0.15) is 5.75 Å². The number of carbonyl (C=O) groups excluding carboxylic acids is 1. The largest absolute Gasteiger partial charge is 0.494 e. The first-order valence-electron chi connectivity index (χ1n) is 11.6. The normalized spacial score (nSPS) is 15.8. The average molecular weight is 565 g/mol. The molecule has 0 aromatic heterocycles. The molecule has 0 saturated carbocycles. The van der Waals surface area contributed by atoms with Crippen molar-refractivity contribution < 1.29 is 9.53 Å². The Hall–Kier alpha value is -2.29. The van der Waals surface area contributed by atoms with Crippen molar-refractivity contribution in [2.75, 3.05) is 39.8 Å². The van der Waals surface area contributed by atoms with Crippen molar-refractivity contribution in [3.8, 4) is 5.75 Å². The molecule has 0 radical (unpaired) electrons. The van der Waals surface area contributed by atoms with E-state index >= 15 is 0 Å². The van der Waals surface area contributed by atoms with Gasteiger partial charge in [-0.15, -0.1) is 24.0 Å². The number of nitrogens with zero attached hydrogens (tertiary/aromatic N) is 2. The van der Waals surface area contributed by atoms with E-state index in [1.165, 1.54) is 11.1 Å². The van der Waals surface area contributed by atoms with Crippen LogP contribution < -0.4 is 15.4 Å². The van der Waals surface area contributed by atoms with Gasteiger partial charge in [-0.05, 0) is 43.9 Å². The maximum atomic E-state index is 12.4. The van der Waals surface area contributed by atoms with E-state index in [0.29, 0.717) is 18.9 Å². The molecule has 2 aromatic rings. The molecule has 33 heavy (non-hydrogen) atoms. The van der Waals surface area contributed by atoms with Gasteiger partial charge in [0.2, 0.25) is 5.91 Å². The van der Waals surface area contributed by atoms with Gasteiger partial charge in [0.15, 0.2) is 5.96 Å². The van der Waals surface area contributed by atoms with E-state index in [1.807, 2.05) is 35.2 Å². The summed E-state index contributed by atoms with van der Waals surface area (Å²) in [5.74, 6) is 2.29. The molecule has 1 fully saturated rings. The summed E-state index contributed by atoms with van der Waals surface area (Å²) >= 11 is 0. The lowest BCUT2D eigenvalue weighted by molar-refractivity contribution is -0.127. The first-order chi connectivity index (χ1) is 15.6. The van der Waals surface area contributed by atoms with Gasteiger partial charge in [-0.25, -0.2) is 0 Å². The van der Waals surface area contributed by atoms with Gasteiger partial charge in [0.25, 0.3) is 0 Å². The Morgan fingerprint density at radius 3 is 2.58 bits per heavy atom. The number of likely N-dealkylation sites (tertiary alicyclic amines) is 1. The number of unbranched alkanes of at least 4 members (excludes halogenated alkanes) is 1. The van der Waals surface area contributed by atoms with Gasteiger partial charge in [-0.1, -0.05) is 48.0 Å². The second-order valence-electron chi connectivity index (χ2n) is 8.39. The smallest absolute Gasteiger partial charge is 0.223 e. The Kier molecular flexibility index (Phi) is 12.1.